The first-order valence-electron chi connectivity index (χ1n) is 10.3. The first-order chi connectivity index (χ1) is 14.5. The number of amides is 1. The maximum Gasteiger partial charge on any atom is 0.229 e. The first kappa shape index (κ1) is 20.6. The van der Waals surface area contributed by atoms with Gasteiger partial charge in [0.15, 0.2) is 5.82 Å². The number of hydrogen-bond acceptors (Lipinski definition) is 7. The molecule has 4 rings (SSSR count). The molecule has 0 aliphatic carbocycles. The molecule has 2 aliphatic rings. The number of hydrogen-bond donors (Lipinski definition) is 3. The SMILES string of the molecule is CC1(CNc2nccc(-c3cc(NC(=O)C4CCNC4)ncc3F)n2)CCOCC1. The first-order valence-corrected chi connectivity index (χ1v) is 10.3. The second-order valence-corrected chi connectivity index (χ2v) is 8.27. The lowest BCUT2D eigenvalue weighted by Crippen LogP contribution is -2.33. The topological polar surface area (TPSA) is 101 Å². The van der Waals surface area contributed by atoms with E-state index in [-0.39, 0.29) is 22.8 Å². The van der Waals surface area contributed by atoms with Crippen LogP contribution in [0.3, 0.4) is 0 Å². The van der Waals surface area contributed by atoms with Gasteiger partial charge in [-0.05, 0) is 43.4 Å². The summed E-state index contributed by atoms with van der Waals surface area (Å²) >= 11 is 0. The van der Waals surface area contributed by atoms with E-state index in [1.807, 2.05) is 0 Å². The van der Waals surface area contributed by atoms with Crippen LogP contribution in [0.2, 0.25) is 0 Å². The van der Waals surface area contributed by atoms with Crippen LogP contribution in [0.5, 0.6) is 0 Å². The Hall–Kier alpha value is -2.65. The zero-order chi connectivity index (χ0) is 21.0. The minimum atomic E-state index is -0.503. The van der Waals surface area contributed by atoms with Gasteiger partial charge in [0, 0.05) is 38.1 Å². The summed E-state index contributed by atoms with van der Waals surface area (Å²) in [6, 6.07) is 3.16. The van der Waals surface area contributed by atoms with Gasteiger partial charge in [0.05, 0.1) is 17.8 Å². The lowest BCUT2D eigenvalue weighted by atomic mass is 9.82. The maximum atomic E-state index is 14.5. The molecule has 9 heteroatoms. The van der Waals surface area contributed by atoms with Crippen LogP contribution in [-0.2, 0) is 9.53 Å². The highest BCUT2D eigenvalue weighted by atomic mass is 19.1. The Bertz CT molecular complexity index is 897. The van der Waals surface area contributed by atoms with Crippen molar-refractivity contribution < 1.29 is 13.9 Å². The van der Waals surface area contributed by atoms with Crippen LogP contribution in [-0.4, -0.2) is 53.7 Å². The van der Waals surface area contributed by atoms with Crippen molar-refractivity contribution in [3.05, 3.63) is 30.3 Å². The predicted octanol–water partition coefficient (Wildman–Crippen LogP) is 2.45. The molecule has 4 heterocycles. The van der Waals surface area contributed by atoms with Crippen molar-refractivity contribution in [3.8, 4) is 11.3 Å². The molecule has 8 nitrogen and oxygen atoms in total. The second kappa shape index (κ2) is 9.01. The fourth-order valence-electron chi connectivity index (χ4n) is 3.74. The number of pyridine rings is 1. The molecule has 2 aromatic rings. The van der Waals surface area contributed by atoms with E-state index >= 15 is 0 Å². The molecule has 0 radical (unpaired) electrons. The van der Waals surface area contributed by atoms with Crippen LogP contribution >= 0.6 is 0 Å². The van der Waals surface area contributed by atoms with Crippen molar-refractivity contribution in [2.45, 2.75) is 26.2 Å². The van der Waals surface area contributed by atoms with Crippen LogP contribution in [0.15, 0.2) is 24.5 Å². The molecule has 0 aromatic carbocycles. The van der Waals surface area contributed by atoms with E-state index in [0.717, 1.165) is 51.8 Å². The van der Waals surface area contributed by atoms with E-state index in [4.69, 9.17) is 4.74 Å². The summed E-state index contributed by atoms with van der Waals surface area (Å²) in [4.78, 5) is 25.1. The summed E-state index contributed by atoms with van der Waals surface area (Å²) in [5.74, 6) is 0.0447. The standard InChI is InChI=1S/C21H27FN6O2/c1-21(4-8-30-9-5-21)13-26-20-24-7-3-17(27-20)15-10-18(25-12-16(15)22)28-19(29)14-2-6-23-11-14/h3,7,10,12,14,23H,2,4-6,8-9,11,13H2,1H3,(H,24,26,27)(H,25,28,29). The van der Waals surface area contributed by atoms with Gasteiger partial charge in [-0.2, -0.15) is 0 Å². The Morgan fingerprint density at radius 1 is 1.37 bits per heavy atom. The van der Waals surface area contributed by atoms with E-state index in [1.165, 1.54) is 6.07 Å². The fraction of sp³-hybridized carbons (Fsp3) is 0.524. The van der Waals surface area contributed by atoms with Crippen molar-refractivity contribution in [2.24, 2.45) is 11.3 Å². The summed E-state index contributed by atoms with van der Waals surface area (Å²) in [7, 11) is 0. The van der Waals surface area contributed by atoms with Gasteiger partial charge in [0.25, 0.3) is 0 Å². The van der Waals surface area contributed by atoms with E-state index in [2.05, 4.69) is 37.8 Å². The summed E-state index contributed by atoms with van der Waals surface area (Å²) in [6.45, 7) is 5.91. The van der Waals surface area contributed by atoms with Crippen LogP contribution in [0.4, 0.5) is 16.2 Å². The number of ether oxygens (including phenoxy) is 1. The predicted molar refractivity (Wildman–Crippen MR) is 111 cm³/mol. The van der Waals surface area contributed by atoms with Crippen molar-refractivity contribution in [1.29, 1.82) is 0 Å². The van der Waals surface area contributed by atoms with Crippen LogP contribution in [0.1, 0.15) is 26.2 Å². The molecule has 0 spiro atoms. The number of anilines is 2. The van der Waals surface area contributed by atoms with E-state index in [0.29, 0.717) is 24.0 Å². The molecule has 2 aliphatic heterocycles. The number of carbonyl (C=O) groups is 1. The molecule has 1 atom stereocenters. The fourth-order valence-corrected chi connectivity index (χ4v) is 3.74. The molecule has 2 fully saturated rings. The van der Waals surface area contributed by atoms with Gasteiger partial charge in [-0.3, -0.25) is 4.79 Å². The number of carbonyl (C=O) groups excluding carboxylic acids is 1. The van der Waals surface area contributed by atoms with Crippen molar-refractivity contribution in [3.63, 3.8) is 0 Å². The smallest absolute Gasteiger partial charge is 0.229 e. The van der Waals surface area contributed by atoms with Crippen LogP contribution in [0, 0.1) is 17.2 Å². The van der Waals surface area contributed by atoms with Gasteiger partial charge in [-0.15, -0.1) is 0 Å². The Morgan fingerprint density at radius 3 is 2.97 bits per heavy atom. The summed E-state index contributed by atoms with van der Waals surface area (Å²) in [5, 5.41) is 9.21. The highest BCUT2D eigenvalue weighted by Gasteiger charge is 2.27. The minimum Gasteiger partial charge on any atom is -0.381 e. The van der Waals surface area contributed by atoms with E-state index < -0.39 is 5.82 Å². The van der Waals surface area contributed by atoms with Gasteiger partial charge >= 0.3 is 0 Å². The molecule has 3 N–H and O–H groups in total. The quantitative estimate of drug-likeness (QED) is 0.667. The van der Waals surface area contributed by atoms with Gasteiger partial charge in [0.2, 0.25) is 11.9 Å². The third kappa shape index (κ3) is 4.91. The molecule has 2 saturated heterocycles. The van der Waals surface area contributed by atoms with Crippen LogP contribution < -0.4 is 16.0 Å². The molecule has 0 saturated carbocycles. The van der Waals surface area contributed by atoms with Gasteiger partial charge in [-0.1, -0.05) is 6.92 Å². The van der Waals surface area contributed by atoms with Gasteiger partial charge in [0.1, 0.15) is 5.82 Å². The molecule has 1 amide bonds. The molecule has 30 heavy (non-hydrogen) atoms. The summed E-state index contributed by atoms with van der Waals surface area (Å²) < 4.78 is 19.9. The van der Waals surface area contributed by atoms with E-state index in [9.17, 15) is 9.18 Å². The van der Waals surface area contributed by atoms with Gasteiger partial charge < -0.3 is 20.7 Å². The molecular weight excluding hydrogens is 387 g/mol. The lowest BCUT2D eigenvalue weighted by molar-refractivity contribution is -0.119. The monoisotopic (exact) mass is 414 g/mol. The Balaban J connectivity index is 1.47. The second-order valence-electron chi connectivity index (χ2n) is 8.27. The zero-order valence-corrected chi connectivity index (χ0v) is 17.1. The Labute approximate surface area is 175 Å². The number of aromatic nitrogens is 3. The normalized spacial score (nSPS) is 20.7. The number of rotatable bonds is 6. The van der Waals surface area contributed by atoms with Crippen molar-refractivity contribution in [2.75, 3.05) is 43.5 Å². The Kier molecular flexibility index (Phi) is 6.19. The molecule has 1 unspecified atom stereocenters. The maximum absolute atomic E-state index is 14.5. The molecular formula is C21H27FN6O2. The summed E-state index contributed by atoms with van der Waals surface area (Å²) in [5.41, 5.74) is 0.821. The number of nitrogens with one attached hydrogen (secondary N) is 3. The Morgan fingerprint density at radius 2 is 2.20 bits per heavy atom. The number of nitrogens with zero attached hydrogens (tertiary/aromatic N) is 3. The average Bonchev–Trinajstić information content (AvgIpc) is 3.30. The van der Waals surface area contributed by atoms with E-state index in [1.54, 1.807) is 12.3 Å². The summed E-state index contributed by atoms with van der Waals surface area (Å²) in [6.07, 6.45) is 5.43. The third-order valence-corrected chi connectivity index (χ3v) is 5.84. The average molecular weight is 414 g/mol. The zero-order valence-electron chi connectivity index (χ0n) is 17.1. The van der Waals surface area contributed by atoms with Crippen molar-refractivity contribution in [1.82, 2.24) is 20.3 Å². The lowest BCUT2D eigenvalue weighted by Gasteiger charge is -2.33. The molecule has 0 bridgehead atoms. The molecule has 160 valence electrons. The van der Waals surface area contributed by atoms with Crippen LogP contribution in [0.25, 0.3) is 11.3 Å². The molecule has 2 aromatic heterocycles. The highest BCUT2D eigenvalue weighted by molar-refractivity contribution is 5.92. The largest absolute Gasteiger partial charge is 0.381 e. The number of halogens is 1. The van der Waals surface area contributed by atoms with Gasteiger partial charge in [-0.25, -0.2) is 19.3 Å². The van der Waals surface area contributed by atoms with Crippen molar-refractivity contribution >= 4 is 17.7 Å². The highest BCUT2D eigenvalue weighted by Crippen LogP contribution is 2.30. The third-order valence-electron chi connectivity index (χ3n) is 5.84. The minimum absolute atomic E-state index is 0.0956.